The number of ether oxygens (including phenoxy) is 1. The number of morpholine rings is 1. The van der Waals surface area contributed by atoms with Crippen molar-refractivity contribution in [2.24, 2.45) is 0 Å². The van der Waals surface area contributed by atoms with Crippen LogP contribution in [0.15, 0.2) is 0 Å². The molecule has 164 valence electrons. The van der Waals surface area contributed by atoms with E-state index in [-0.39, 0.29) is 17.9 Å². The molecule has 9 heteroatoms. The molecule has 2 fully saturated rings. The van der Waals surface area contributed by atoms with Gasteiger partial charge < -0.3 is 19.9 Å². The van der Waals surface area contributed by atoms with Crippen molar-refractivity contribution in [2.75, 3.05) is 58.3 Å². The van der Waals surface area contributed by atoms with E-state index in [1.807, 2.05) is 16.8 Å². The van der Waals surface area contributed by atoms with Crippen LogP contribution in [0.4, 0.5) is 5.82 Å². The summed E-state index contributed by atoms with van der Waals surface area (Å²) in [6.45, 7) is 6.96. The van der Waals surface area contributed by atoms with Crippen LogP contribution >= 0.6 is 0 Å². The van der Waals surface area contributed by atoms with Crippen molar-refractivity contribution in [3.8, 4) is 0 Å². The highest BCUT2D eigenvalue weighted by atomic mass is 16.5. The molecule has 0 aliphatic carbocycles. The van der Waals surface area contributed by atoms with Gasteiger partial charge >= 0.3 is 0 Å². The highest BCUT2D eigenvalue weighted by Crippen LogP contribution is 2.32. The summed E-state index contributed by atoms with van der Waals surface area (Å²) in [5.74, 6) is 1.71. The Hall–Kier alpha value is -2.26. The van der Waals surface area contributed by atoms with Gasteiger partial charge in [0, 0.05) is 52.1 Å². The van der Waals surface area contributed by atoms with E-state index in [9.17, 15) is 9.59 Å². The molecule has 2 amide bonds. The Labute approximate surface area is 177 Å². The number of carbonyl (C=O) groups excluding carboxylic acids is 2. The van der Waals surface area contributed by atoms with Crippen molar-refractivity contribution in [2.45, 2.75) is 45.2 Å². The van der Waals surface area contributed by atoms with E-state index in [0.717, 1.165) is 61.8 Å². The van der Waals surface area contributed by atoms with E-state index >= 15 is 0 Å². The first kappa shape index (κ1) is 21.0. The molecule has 3 aliphatic rings. The second-order valence-electron chi connectivity index (χ2n) is 8.28. The number of aromatic nitrogens is 2. The molecule has 3 aliphatic heterocycles. The van der Waals surface area contributed by atoms with Crippen molar-refractivity contribution < 1.29 is 14.3 Å². The van der Waals surface area contributed by atoms with Gasteiger partial charge in [0.1, 0.15) is 5.82 Å². The van der Waals surface area contributed by atoms with Gasteiger partial charge in [-0.1, -0.05) is 0 Å². The average molecular weight is 417 g/mol. The maximum atomic E-state index is 13.1. The Balaban J connectivity index is 1.56. The third kappa shape index (κ3) is 4.41. The van der Waals surface area contributed by atoms with E-state index < -0.39 is 0 Å². The van der Waals surface area contributed by atoms with Crippen LogP contribution in [0.3, 0.4) is 0 Å². The Morgan fingerprint density at radius 3 is 2.67 bits per heavy atom. The standard InChI is InChI=1S/C21H32N6O3/c1-15(28)26-8-6-17-16(13-26)20(22-2)24-21(23-17)18-5-3-4-7-27(18)19(29)14-25-9-11-30-12-10-25/h18H,3-14H2,1-2H3,(H,22,23,24). The largest absolute Gasteiger partial charge is 0.379 e. The summed E-state index contributed by atoms with van der Waals surface area (Å²) in [7, 11) is 1.85. The van der Waals surface area contributed by atoms with Crippen LogP contribution in [0.1, 0.15) is 49.3 Å². The summed E-state index contributed by atoms with van der Waals surface area (Å²) in [6.07, 6.45) is 3.69. The zero-order chi connectivity index (χ0) is 21.1. The topological polar surface area (TPSA) is 90.9 Å². The van der Waals surface area contributed by atoms with Crippen LogP contribution in [-0.4, -0.2) is 89.5 Å². The van der Waals surface area contributed by atoms with Gasteiger partial charge in [0.25, 0.3) is 0 Å². The number of hydrogen-bond acceptors (Lipinski definition) is 7. The highest BCUT2D eigenvalue weighted by Gasteiger charge is 2.33. The molecule has 0 aromatic carbocycles. The summed E-state index contributed by atoms with van der Waals surface area (Å²) in [4.78, 5) is 40.6. The van der Waals surface area contributed by atoms with Crippen molar-refractivity contribution in [3.05, 3.63) is 17.1 Å². The first-order valence-electron chi connectivity index (χ1n) is 11.0. The maximum absolute atomic E-state index is 13.1. The van der Waals surface area contributed by atoms with E-state index in [0.29, 0.717) is 39.3 Å². The van der Waals surface area contributed by atoms with Crippen LogP contribution in [0.25, 0.3) is 0 Å². The first-order valence-corrected chi connectivity index (χ1v) is 11.0. The van der Waals surface area contributed by atoms with Crippen molar-refractivity contribution in [1.82, 2.24) is 24.7 Å². The number of anilines is 1. The molecule has 30 heavy (non-hydrogen) atoms. The zero-order valence-electron chi connectivity index (χ0n) is 18.0. The maximum Gasteiger partial charge on any atom is 0.237 e. The van der Waals surface area contributed by atoms with Crippen LogP contribution in [0, 0.1) is 0 Å². The normalized spacial score (nSPS) is 22.5. The Bertz CT molecular complexity index is 778. The summed E-state index contributed by atoms with van der Waals surface area (Å²) >= 11 is 0. The first-order chi connectivity index (χ1) is 14.6. The minimum absolute atomic E-state index is 0.0685. The Morgan fingerprint density at radius 2 is 1.93 bits per heavy atom. The molecule has 0 bridgehead atoms. The molecule has 9 nitrogen and oxygen atoms in total. The smallest absolute Gasteiger partial charge is 0.237 e. The number of amides is 2. The van der Waals surface area contributed by atoms with E-state index in [1.165, 1.54) is 0 Å². The Kier molecular flexibility index (Phi) is 6.48. The lowest BCUT2D eigenvalue weighted by Gasteiger charge is -2.37. The molecule has 1 atom stereocenters. The fourth-order valence-electron chi connectivity index (χ4n) is 4.60. The lowest BCUT2D eigenvalue weighted by atomic mass is 9.99. The number of piperidine rings is 1. The number of fused-ring (bicyclic) bond motifs is 1. The van der Waals surface area contributed by atoms with Crippen molar-refractivity contribution in [3.63, 3.8) is 0 Å². The average Bonchev–Trinajstić information content (AvgIpc) is 2.78. The van der Waals surface area contributed by atoms with Gasteiger partial charge in [-0.2, -0.15) is 0 Å². The number of nitrogens with one attached hydrogen (secondary N) is 1. The second kappa shape index (κ2) is 9.26. The van der Waals surface area contributed by atoms with Crippen LogP contribution in [0.2, 0.25) is 0 Å². The summed E-state index contributed by atoms with van der Waals surface area (Å²) in [5.41, 5.74) is 1.98. The van der Waals surface area contributed by atoms with Crippen LogP contribution < -0.4 is 5.32 Å². The molecule has 4 heterocycles. The summed E-state index contributed by atoms with van der Waals surface area (Å²) < 4.78 is 5.40. The van der Waals surface area contributed by atoms with E-state index in [4.69, 9.17) is 14.7 Å². The molecule has 4 rings (SSSR count). The van der Waals surface area contributed by atoms with E-state index in [2.05, 4.69) is 10.2 Å². The van der Waals surface area contributed by atoms with Gasteiger partial charge in [-0.3, -0.25) is 14.5 Å². The molecule has 1 aromatic rings. The van der Waals surface area contributed by atoms with E-state index in [1.54, 1.807) is 6.92 Å². The lowest BCUT2D eigenvalue weighted by Crippen LogP contribution is -2.47. The monoisotopic (exact) mass is 416 g/mol. The SMILES string of the molecule is CNc1nc(C2CCCCN2C(=O)CN2CCOCC2)nc2c1CN(C(C)=O)CC2. The molecule has 1 N–H and O–H groups in total. The van der Waals surface area contributed by atoms with Crippen molar-refractivity contribution >= 4 is 17.6 Å². The third-order valence-corrected chi connectivity index (χ3v) is 6.34. The molecule has 2 saturated heterocycles. The van der Waals surface area contributed by atoms with Gasteiger partial charge in [0.2, 0.25) is 11.8 Å². The fraction of sp³-hybridized carbons (Fsp3) is 0.714. The summed E-state index contributed by atoms with van der Waals surface area (Å²) in [5, 5.41) is 3.19. The molecule has 1 aromatic heterocycles. The fourth-order valence-corrected chi connectivity index (χ4v) is 4.60. The van der Waals surface area contributed by atoms with Crippen LogP contribution in [0.5, 0.6) is 0 Å². The zero-order valence-corrected chi connectivity index (χ0v) is 18.0. The third-order valence-electron chi connectivity index (χ3n) is 6.34. The van der Waals surface area contributed by atoms with Gasteiger partial charge in [-0.05, 0) is 19.3 Å². The summed E-state index contributed by atoms with van der Waals surface area (Å²) in [6, 6.07) is -0.0875. The molecule has 1 unspecified atom stereocenters. The lowest BCUT2D eigenvalue weighted by molar-refractivity contribution is -0.137. The quantitative estimate of drug-likeness (QED) is 0.777. The number of likely N-dealkylation sites (tertiary alicyclic amines) is 1. The van der Waals surface area contributed by atoms with Gasteiger partial charge in [-0.15, -0.1) is 0 Å². The second-order valence-corrected chi connectivity index (χ2v) is 8.28. The number of nitrogens with zero attached hydrogens (tertiary/aromatic N) is 5. The number of rotatable bonds is 4. The molecule has 0 radical (unpaired) electrons. The number of hydrogen-bond donors (Lipinski definition) is 1. The van der Waals surface area contributed by atoms with Gasteiger partial charge in [-0.25, -0.2) is 9.97 Å². The van der Waals surface area contributed by atoms with Crippen molar-refractivity contribution in [1.29, 1.82) is 0 Å². The molecule has 0 saturated carbocycles. The molecular formula is C21H32N6O3. The van der Waals surface area contributed by atoms with Gasteiger partial charge in [0.05, 0.1) is 38.0 Å². The number of carbonyl (C=O) groups is 2. The van der Waals surface area contributed by atoms with Gasteiger partial charge in [0.15, 0.2) is 5.82 Å². The predicted molar refractivity (Wildman–Crippen MR) is 112 cm³/mol. The minimum atomic E-state index is -0.0875. The minimum Gasteiger partial charge on any atom is -0.379 e. The van der Waals surface area contributed by atoms with Crippen LogP contribution in [-0.2, 0) is 27.3 Å². The highest BCUT2D eigenvalue weighted by molar-refractivity contribution is 5.79. The molecule has 0 spiro atoms. The molecular weight excluding hydrogens is 384 g/mol. The predicted octanol–water partition coefficient (Wildman–Crippen LogP) is 0.809. The Morgan fingerprint density at radius 1 is 1.13 bits per heavy atom.